The molecule has 0 radical (unpaired) electrons. The van der Waals surface area contributed by atoms with Gasteiger partial charge in [-0.15, -0.1) is 11.3 Å². The highest BCUT2D eigenvalue weighted by Gasteiger charge is 2.19. The summed E-state index contributed by atoms with van der Waals surface area (Å²) in [6.45, 7) is 2.10. The molecular formula is C20H19N3S. The average Bonchev–Trinajstić information content (AvgIpc) is 3.07. The van der Waals surface area contributed by atoms with Gasteiger partial charge >= 0.3 is 0 Å². The highest BCUT2D eigenvalue weighted by Crippen LogP contribution is 2.38. The zero-order valence-electron chi connectivity index (χ0n) is 13.7. The van der Waals surface area contributed by atoms with Gasteiger partial charge in [0.25, 0.3) is 0 Å². The second kappa shape index (κ2) is 6.26. The van der Waals surface area contributed by atoms with Crippen LogP contribution in [0.15, 0.2) is 29.4 Å². The third-order valence-corrected chi connectivity index (χ3v) is 5.99. The molecule has 0 unspecified atom stereocenters. The summed E-state index contributed by atoms with van der Waals surface area (Å²) in [5.74, 6) is 0. The van der Waals surface area contributed by atoms with Crippen LogP contribution >= 0.6 is 11.3 Å². The number of fused-ring (bicyclic) bond motifs is 2. The average molecular weight is 333 g/mol. The molecule has 1 N–H and O–H groups in total. The molecule has 120 valence electrons. The van der Waals surface area contributed by atoms with Gasteiger partial charge < -0.3 is 4.98 Å². The van der Waals surface area contributed by atoms with Crippen molar-refractivity contribution < 1.29 is 0 Å². The minimum absolute atomic E-state index is 0.796. The second-order valence-electron chi connectivity index (χ2n) is 6.36. The van der Waals surface area contributed by atoms with Gasteiger partial charge in [-0.1, -0.05) is 24.6 Å². The van der Waals surface area contributed by atoms with Crippen molar-refractivity contribution in [3.63, 3.8) is 0 Å². The van der Waals surface area contributed by atoms with Crippen LogP contribution in [-0.4, -0.2) is 11.2 Å². The Labute approximate surface area is 145 Å². The van der Waals surface area contributed by atoms with Gasteiger partial charge in [0.1, 0.15) is 11.1 Å². The van der Waals surface area contributed by atoms with Crippen LogP contribution < -0.4 is 0 Å². The standard InChI is InChI=1S/C20H19N3S/c1-13-6-5-8-15-14(11-22-19(13)15)12-23-20-17(10-21)16-7-3-2-4-9-18(16)24-20/h5-6,8,11-12,22H,2-4,7,9H2,1H3/b23-12+. The number of H-pyrrole nitrogens is 1. The fourth-order valence-electron chi connectivity index (χ4n) is 3.50. The molecule has 0 amide bonds. The molecule has 3 nitrogen and oxygen atoms in total. The quantitative estimate of drug-likeness (QED) is 0.493. The SMILES string of the molecule is Cc1cccc2c(/C=N/c3sc4c(c3C#N)CCCCC4)c[nH]c12. The molecule has 0 bridgehead atoms. The minimum atomic E-state index is 0.796. The van der Waals surface area contributed by atoms with Crippen molar-refractivity contribution in [1.29, 1.82) is 5.26 Å². The Hall–Kier alpha value is -2.38. The summed E-state index contributed by atoms with van der Waals surface area (Å²) in [6, 6.07) is 8.67. The van der Waals surface area contributed by atoms with Crippen LogP contribution in [0.2, 0.25) is 0 Å². The van der Waals surface area contributed by atoms with Gasteiger partial charge in [0.05, 0.1) is 5.56 Å². The van der Waals surface area contributed by atoms with Crippen molar-refractivity contribution in [3.8, 4) is 6.07 Å². The van der Waals surface area contributed by atoms with Gasteiger partial charge in [0.15, 0.2) is 0 Å². The van der Waals surface area contributed by atoms with Crippen molar-refractivity contribution >= 4 is 33.5 Å². The molecule has 4 heteroatoms. The topological polar surface area (TPSA) is 51.9 Å². The van der Waals surface area contributed by atoms with Crippen molar-refractivity contribution in [2.45, 2.75) is 39.0 Å². The first-order valence-electron chi connectivity index (χ1n) is 8.43. The summed E-state index contributed by atoms with van der Waals surface area (Å²) in [6.07, 6.45) is 9.68. The van der Waals surface area contributed by atoms with Crippen LogP contribution in [0.5, 0.6) is 0 Å². The molecule has 24 heavy (non-hydrogen) atoms. The number of aliphatic imine (C=N–C) groups is 1. The predicted octanol–water partition coefficient (Wildman–Crippen LogP) is 5.43. The number of thiophene rings is 1. The molecule has 0 fully saturated rings. The number of hydrogen-bond acceptors (Lipinski definition) is 3. The van der Waals surface area contributed by atoms with E-state index in [0.29, 0.717) is 0 Å². The fraction of sp³-hybridized carbons (Fsp3) is 0.300. The Bertz CT molecular complexity index is 969. The highest BCUT2D eigenvalue weighted by atomic mass is 32.1. The molecule has 4 rings (SSSR count). The third kappa shape index (κ3) is 2.55. The van der Waals surface area contributed by atoms with E-state index in [2.05, 4.69) is 41.2 Å². The van der Waals surface area contributed by atoms with Crippen molar-refractivity contribution in [3.05, 3.63) is 51.5 Å². The Morgan fingerprint density at radius 3 is 3.00 bits per heavy atom. The molecule has 3 aromatic rings. The smallest absolute Gasteiger partial charge is 0.134 e. The van der Waals surface area contributed by atoms with E-state index >= 15 is 0 Å². The lowest BCUT2D eigenvalue weighted by atomic mass is 10.1. The highest BCUT2D eigenvalue weighted by molar-refractivity contribution is 7.16. The van der Waals surface area contributed by atoms with Crippen LogP contribution in [-0.2, 0) is 12.8 Å². The Kier molecular flexibility index (Phi) is 3.95. The fourth-order valence-corrected chi connectivity index (χ4v) is 4.68. The molecule has 0 saturated carbocycles. The maximum absolute atomic E-state index is 9.60. The molecule has 0 spiro atoms. The van der Waals surface area contributed by atoms with E-state index < -0.39 is 0 Å². The van der Waals surface area contributed by atoms with E-state index in [0.717, 1.165) is 34.5 Å². The molecule has 0 saturated heterocycles. The predicted molar refractivity (Wildman–Crippen MR) is 101 cm³/mol. The molecule has 2 heterocycles. The first-order chi connectivity index (χ1) is 11.8. The number of aryl methyl sites for hydroxylation is 2. The third-order valence-electron chi connectivity index (χ3n) is 4.79. The number of nitrogens with one attached hydrogen (secondary N) is 1. The second-order valence-corrected chi connectivity index (χ2v) is 7.44. The molecule has 1 aromatic carbocycles. The van der Waals surface area contributed by atoms with Crippen LogP contribution in [0.4, 0.5) is 5.00 Å². The van der Waals surface area contributed by atoms with E-state index in [4.69, 9.17) is 0 Å². The number of aromatic nitrogens is 1. The number of para-hydroxylation sites is 1. The lowest BCUT2D eigenvalue weighted by molar-refractivity contribution is 0.712. The molecule has 0 atom stereocenters. The van der Waals surface area contributed by atoms with Crippen molar-refractivity contribution in [1.82, 2.24) is 4.98 Å². The summed E-state index contributed by atoms with van der Waals surface area (Å²) >= 11 is 1.70. The van der Waals surface area contributed by atoms with E-state index in [1.165, 1.54) is 40.7 Å². The van der Waals surface area contributed by atoms with Gasteiger partial charge in [-0.2, -0.15) is 5.26 Å². The first-order valence-corrected chi connectivity index (χ1v) is 9.25. The van der Waals surface area contributed by atoms with Crippen molar-refractivity contribution in [2.24, 2.45) is 4.99 Å². The monoisotopic (exact) mass is 333 g/mol. The van der Waals surface area contributed by atoms with Crippen LogP contribution in [0.1, 0.15) is 46.4 Å². The number of nitriles is 1. The summed E-state index contributed by atoms with van der Waals surface area (Å²) in [7, 11) is 0. The Morgan fingerprint density at radius 1 is 1.25 bits per heavy atom. The minimum Gasteiger partial charge on any atom is -0.360 e. The van der Waals surface area contributed by atoms with Gasteiger partial charge in [0.2, 0.25) is 0 Å². The number of rotatable bonds is 2. The summed E-state index contributed by atoms with van der Waals surface area (Å²) in [5, 5.41) is 11.6. The number of nitrogens with zero attached hydrogens (tertiary/aromatic N) is 2. The maximum Gasteiger partial charge on any atom is 0.134 e. The number of hydrogen-bond donors (Lipinski definition) is 1. The zero-order valence-corrected chi connectivity index (χ0v) is 14.5. The van der Waals surface area contributed by atoms with E-state index in [9.17, 15) is 5.26 Å². The first kappa shape index (κ1) is 15.2. The zero-order chi connectivity index (χ0) is 16.5. The lowest BCUT2D eigenvalue weighted by Gasteiger charge is -1.97. The maximum atomic E-state index is 9.60. The molecule has 1 aliphatic carbocycles. The van der Waals surface area contributed by atoms with E-state index in [-0.39, 0.29) is 0 Å². The summed E-state index contributed by atoms with van der Waals surface area (Å²) < 4.78 is 0. The molecular weight excluding hydrogens is 314 g/mol. The summed E-state index contributed by atoms with van der Waals surface area (Å²) in [5.41, 5.74) is 5.50. The van der Waals surface area contributed by atoms with E-state index in [1.54, 1.807) is 11.3 Å². The van der Waals surface area contributed by atoms with Gasteiger partial charge in [-0.3, -0.25) is 0 Å². The van der Waals surface area contributed by atoms with Gasteiger partial charge in [0, 0.05) is 33.8 Å². The van der Waals surface area contributed by atoms with Gasteiger partial charge in [-0.25, -0.2) is 4.99 Å². The molecule has 1 aliphatic rings. The van der Waals surface area contributed by atoms with Crippen LogP contribution in [0, 0.1) is 18.3 Å². The Balaban J connectivity index is 1.74. The molecule has 0 aliphatic heterocycles. The lowest BCUT2D eigenvalue weighted by Crippen LogP contribution is -1.87. The Morgan fingerprint density at radius 2 is 2.12 bits per heavy atom. The van der Waals surface area contributed by atoms with Gasteiger partial charge in [-0.05, 0) is 43.7 Å². The van der Waals surface area contributed by atoms with Crippen LogP contribution in [0.3, 0.4) is 0 Å². The number of benzene rings is 1. The number of aromatic amines is 1. The van der Waals surface area contributed by atoms with Crippen LogP contribution in [0.25, 0.3) is 10.9 Å². The van der Waals surface area contributed by atoms with E-state index in [1.807, 2.05) is 12.4 Å². The molecule has 2 aromatic heterocycles. The largest absolute Gasteiger partial charge is 0.360 e. The van der Waals surface area contributed by atoms with Crippen molar-refractivity contribution in [2.75, 3.05) is 0 Å². The summed E-state index contributed by atoms with van der Waals surface area (Å²) in [4.78, 5) is 9.38. The normalized spacial score (nSPS) is 14.7.